The van der Waals surface area contributed by atoms with Gasteiger partial charge in [0.25, 0.3) is 5.91 Å². The molecule has 0 aliphatic heterocycles. The Kier molecular flexibility index (Phi) is 5.28. The van der Waals surface area contributed by atoms with Crippen LogP contribution in [-0.4, -0.2) is 5.91 Å². The summed E-state index contributed by atoms with van der Waals surface area (Å²) in [7, 11) is 0. The second-order valence-corrected chi connectivity index (χ2v) is 5.56. The molecule has 0 aliphatic rings. The van der Waals surface area contributed by atoms with Crippen LogP contribution < -0.4 is 5.32 Å². The summed E-state index contributed by atoms with van der Waals surface area (Å²) in [6.45, 7) is 3.72. The van der Waals surface area contributed by atoms with E-state index in [0.717, 1.165) is 23.3 Å². The molecule has 0 spiro atoms. The zero-order valence-electron chi connectivity index (χ0n) is 13.6. The van der Waals surface area contributed by atoms with Crippen LogP contribution in [-0.2, 0) is 11.0 Å². The quantitative estimate of drug-likeness (QED) is 0.638. The van der Waals surface area contributed by atoms with Crippen molar-refractivity contribution in [1.29, 1.82) is 5.26 Å². The Bertz CT molecular complexity index is 877. The van der Waals surface area contributed by atoms with E-state index in [4.69, 9.17) is 0 Å². The molecule has 6 heteroatoms. The molecule has 0 heterocycles. The fourth-order valence-corrected chi connectivity index (χ4v) is 2.19. The third kappa shape index (κ3) is 4.70. The van der Waals surface area contributed by atoms with Crippen molar-refractivity contribution < 1.29 is 18.0 Å². The topological polar surface area (TPSA) is 52.9 Å². The van der Waals surface area contributed by atoms with E-state index in [1.165, 1.54) is 18.2 Å². The number of halogens is 3. The molecule has 0 atom stereocenters. The first-order valence-corrected chi connectivity index (χ1v) is 7.38. The van der Waals surface area contributed by atoms with E-state index in [1.807, 2.05) is 32.0 Å². The summed E-state index contributed by atoms with van der Waals surface area (Å²) in [5.74, 6) is -0.761. The Balaban J connectivity index is 2.28. The van der Waals surface area contributed by atoms with Crippen molar-refractivity contribution in [3.8, 4) is 6.07 Å². The summed E-state index contributed by atoms with van der Waals surface area (Å²) < 4.78 is 38.2. The van der Waals surface area contributed by atoms with Gasteiger partial charge in [0, 0.05) is 5.69 Å². The Morgan fingerprint density at radius 1 is 1.16 bits per heavy atom. The molecule has 25 heavy (non-hydrogen) atoms. The highest BCUT2D eigenvalue weighted by Gasteiger charge is 2.30. The average molecular weight is 344 g/mol. The third-order valence-electron chi connectivity index (χ3n) is 3.55. The lowest BCUT2D eigenvalue weighted by atomic mass is 10.0. The highest BCUT2D eigenvalue weighted by molar-refractivity contribution is 6.09. The molecular weight excluding hydrogens is 329 g/mol. The Morgan fingerprint density at radius 2 is 1.88 bits per heavy atom. The van der Waals surface area contributed by atoms with E-state index in [0.29, 0.717) is 5.56 Å². The van der Waals surface area contributed by atoms with Gasteiger partial charge >= 0.3 is 6.18 Å². The Hall–Kier alpha value is -3.07. The summed E-state index contributed by atoms with van der Waals surface area (Å²) in [6, 6.07) is 11.6. The summed E-state index contributed by atoms with van der Waals surface area (Å²) in [5, 5.41) is 11.6. The Labute approximate surface area is 143 Å². The van der Waals surface area contributed by atoms with Crippen molar-refractivity contribution in [2.24, 2.45) is 0 Å². The maximum Gasteiger partial charge on any atom is 0.416 e. The van der Waals surface area contributed by atoms with Crippen LogP contribution in [0, 0.1) is 25.2 Å². The first-order chi connectivity index (χ1) is 11.7. The monoisotopic (exact) mass is 344 g/mol. The van der Waals surface area contributed by atoms with Gasteiger partial charge in [-0.3, -0.25) is 4.79 Å². The second-order valence-electron chi connectivity index (χ2n) is 5.56. The zero-order valence-corrected chi connectivity index (χ0v) is 13.6. The van der Waals surface area contributed by atoms with Gasteiger partial charge in [0.1, 0.15) is 11.6 Å². The van der Waals surface area contributed by atoms with Gasteiger partial charge in [-0.2, -0.15) is 18.4 Å². The van der Waals surface area contributed by atoms with Crippen molar-refractivity contribution in [1.82, 2.24) is 0 Å². The minimum Gasteiger partial charge on any atom is -0.321 e. The molecule has 0 saturated carbocycles. The van der Waals surface area contributed by atoms with Crippen LogP contribution in [0.3, 0.4) is 0 Å². The fourth-order valence-electron chi connectivity index (χ4n) is 2.19. The number of amides is 1. The number of hydrogen-bond donors (Lipinski definition) is 1. The minimum absolute atomic E-state index is 0.0260. The summed E-state index contributed by atoms with van der Waals surface area (Å²) in [6.07, 6.45) is -3.08. The van der Waals surface area contributed by atoms with Crippen molar-refractivity contribution in [3.05, 3.63) is 70.3 Å². The number of hydrogen-bond acceptors (Lipinski definition) is 2. The zero-order chi connectivity index (χ0) is 18.6. The van der Waals surface area contributed by atoms with E-state index in [9.17, 15) is 23.2 Å². The second kappa shape index (κ2) is 7.22. The maximum absolute atomic E-state index is 12.7. The number of alkyl halides is 3. The number of carbonyl (C=O) groups is 1. The van der Waals surface area contributed by atoms with Crippen molar-refractivity contribution in [3.63, 3.8) is 0 Å². The lowest BCUT2D eigenvalue weighted by Gasteiger charge is -2.10. The lowest BCUT2D eigenvalue weighted by molar-refractivity contribution is -0.137. The maximum atomic E-state index is 12.7. The van der Waals surface area contributed by atoms with Gasteiger partial charge in [-0.15, -0.1) is 0 Å². The average Bonchev–Trinajstić information content (AvgIpc) is 2.55. The van der Waals surface area contributed by atoms with Crippen LogP contribution in [0.1, 0.15) is 22.3 Å². The lowest BCUT2D eigenvalue weighted by Crippen LogP contribution is -2.14. The van der Waals surface area contributed by atoms with E-state index >= 15 is 0 Å². The van der Waals surface area contributed by atoms with Gasteiger partial charge in [-0.25, -0.2) is 0 Å². The van der Waals surface area contributed by atoms with Gasteiger partial charge in [0.2, 0.25) is 0 Å². The fraction of sp³-hybridized carbons (Fsp3) is 0.158. The number of anilines is 1. The van der Waals surface area contributed by atoms with Crippen LogP contribution in [0.5, 0.6) is 0 Å². The molecule has 3 nitrogen and oxygen atoms in total. The smallest absolute Gasteiger partial charge is 0.321 e. The van der Waals surface area contributed by atoms with Gasteiger partial charge in [-0.05, 0) is 49.2 Å². The van der Waals surface area contributed by atoms with Crippen LogP contribution in [0.15, 0.2) is 48.0 Å². The van der Waals surface area contributed by atoms with Gasteiger partial charge in [0.15, 0.2) is 0 Å². The van der Waals surface area contributed by atoms with Crippen molar-refractivity contribution >= 4 is 17.7 Å². The van der Waals surface area contributed by atoms with Gasteiger partial charge < -0.3 is 5.32 Å². The number of nitrogens with one attached hydrogen (secondary N) is 1. The molecule has 1 N–H and O–H groups in total. The SMILES string of the molecule is Cc1ccc(C)c(/C=C(\C#N)C(=O)Nc2cccc(C(F)(F)F)c2)c1. The van der Waals surface area contributed by atoms with Crippen LogP contribution in [0.4, 0.5) is 18.9 Å². The van der Waals surface area contributed by atoms with Crippen LogP contribution in [0.25, 0.3) is 6.08 Å². The minimum atomic E-state index is -4.51. The number of benzene rings is 2. The largest absolute Gasteiger partial charge is 0.416 e. The molecule has 0 unspecified atom stereocenters. The number of nitriles is 1. The van der Waals surface area contributed by atoms with Gasteiger partial charge in [-0.1, -0.05) is 29.8 Å². The first-order valence-electron chi connectivity index (χ1n) is 7.38. The number of aryl methyl sites for hydroxylation is 2. The van der Waals surface area contributed by atoms with Gasteiger partial charge in [0.05, 0.1) is 5.56 Å². The number of carbonyl (C=O) groups excluding carboxylic acids is 1. The molecule has 0 bridgehead atoms. The Morgan fingerprint density at radius 3 is 2.52 bits per heavy atom. The molecule has 0 radical (unpaired) electrons. The summed E-state index contributed by atoms with van der Waals surface area (Å²) in [4.78, 5) is 12.2. The molecule has 2 aromatic carbocycles. The summed E-state index contributed by atoms with van der Waals surface area (Å²) >= 11 is 0. The third-order valence-corrected chi connectivity index (χ3v) is 3.55. The molecule has 0 fully saturated rings. The highest BCUT2D eigenvalue weighted by Crippen LogP contribution is 2.30. The predicted octanol–water partition coefficient (Wildman–Crippen LogP) is 4.87. The molecule has 1 amide bonds. The van der Waals surface area contributed by atoms with E-state index in [-0.39, 0.29) is 11.3 Å². The van der Waals surface area contributed by atoms with E-state index < -0.39 is 17.6 Å². The summed E-state index contributed by atoms with van der Waals surface area (Å²) in [5.41, 5.74) is 1.46. The molecule has 128 valence electrons. The predicted molar refractivity (Wildman–Crippen MR) is 89.6 cm³/mol. The first kappa shape index (κ1) is 18.3. The number of nitrogens with zero attached hydrogens (tertiary/aromatic N) is 1. The molecule has 0 saturated heterocycles. The van der Waals surface area contributed by atoms with Crippen LogP contribution in [0.2, 0.25) is 0 Å². The van der Waals surface area contributed by atoms with Crippen molar-refractivity contribution in [2.45, 2.75) is 20.0 Å². The molecule has 2 aromatic rings. The van der Waals surface area contributed by atoms with Crippen LogP contribution >= 0.6 is 0 Å². The standard InChI is InChI=1S/C19H15F3N2O/c1-12-6-7-13(2)14(8-12)9-15(11-23)18(25)24-17-5-3-4-16(10-17)19(20,21)22/h3-10H,1-2H3,(H,24,25)/b15-9+. The van der Waals surface area contributed by atoms with E-state index in [1.54, 1.807) is 6.07 Å². The number of rotatable bonds is 3. The highest BCUT2D eigenvalue weighted by atomic mass is 19.4. The molecule has 0 aromatic heterocycles. The molecular formula is C19H15F3N2O. The molecule has 0 aliphatic carbocycles. The van der Waals surface area contributed by atoms with E-state index in [2.05, 4.69) is 5.32 Å². The van der Waals surface area contributed by atoms with Crippen molar-refractivity contribution in [2.75, 3.05) is 5.32 Å². The normalized spacial score (nSPS) is 11.8. The molecule has 2 rings (SSSR count).